The van der Waals surface area contributed by atoms with Gasteiger partial charge in [0.05, 0.1) is 19.9 Å². The lowest BCUT2D eigenvalue weighted by molar-refractivity contribution is -0.129. The predicted octanol–water partition coefficient (Wildman–Crippen LogP) is 5.05. The summed E-state index contributed by atoms with van der Waals surface area (Å²) in [7, 11) is 1.68. The summed E-state index contributed by atoms with van der Waals surface area (Å²) in [5, 5.41) is 0. The summed E-state index contributed by atoms with van der Waals surface area (Å²) >= 11 is 0. The molecule has 4 heteroatoms. The number of hydrogen-bond acceptors (Lipinski definition) is 3. The third kappa shape index (κ3) is 5.49. The highest BCUT2D eigenvalue weighted by Crippen LogP contribution is 2.27. The highest BCUT2D eigenvalue weighted by molar-refractivity contribution is 5.73. The second kappa shape index (κ2) is 9.79. The molecule has 4 nitrogen and oxygen atoms in total. The van der Waals surface area contributed by atoms with Gasteiger partial charge in [0.15, 0.2) is 0 Å². The van der Waals surface area contributed by atoms with Gasteiger partial charge in [-0.25, -0.2) is 0 Å². The van der Waals surface area contributed by atoms with Crippen LogP contribution in [0.1, 0.15) is 36.1 Å². The molecule has 1 aromatic heterocycles. The maximum Gasteiger partial charge on any atom is 0.219 e. The molecule has 0 bridgehead atoms. The molecule has 0 saturated heterocycles. The van der Waals surface area contributed by atoms with Gasteiger partial charge in [0.2, 0.25) is 5.91 Å². The molecule has 0 N–H and O–H groups in total. The summed E-state index contributed by atoms with van der Waals surface area (Å²) in [5.74, 6) is 2.03. The van der Waals surface area contributed by atoms with Gasteiger partial charge >= 0.3 is 0 Å². The maximum atomic E-state index is 12.1. The van der Waals surface area contributed by atoms with Gasteiger partial charge in [-0.1, -0.05) is 42.5 Å². The van der Waals surface area contributed by atoms with E-state index in [1.807, 2.05) is 35.2 Å². The topological polar surface area (TPSA) is 42.7 Å². The van der Waals surface area contributed by atoms with E-state index in [0.29, 0.717) is 19.0 Å². The molecule has 0 unspecified atom stereocenters. The number of furan rings is 1. The van der Waals surface area contributed by atoms with Crippen LogP contribution in [0.15, 0.2) is 77.4 Å². The van der Waals surface area contributed by atoms with Crippen molar-refractivity contribution in [2.24, 2.45) is 0 Å². The van der Waals surface area contributed by atoms with Crippen molar-refractivity contribution in [3.63, 3.8) is 0 Å². The predicted molar refractivity (Wildman–Crippen MR) is 110 cm³/mol. The molecule has 2 aromatic carbocycles. The molecule has 1 amide bonds. The molecule has 3 rings (SSSR count). The van der Waals surface area contributed by atoms with Gasteiger partial charge in [-0.2, -0.15) is 0 Å². The van der Waals surface area contributed by atoms with Gasteiger partial charge in [0, 0.05) is 13.5 Å². The van der Waals surface area contributed by atoms with Gasteiger partial charge in [-0.05, 0) is 54.2 Å². The van der Waals surface area contributed by atoms with Crippen LogP contribution in [-0.4, -0.2) is 24.5 Å². The summed E-state index contributed by atoms with van der Waals surface area (Å²) in [6, 6.07) is 22.5. The quantitative estimate of drug-likeness (QED) is 0.524. The van der Waals surface area contributed by atoms with E-state index >= 15 is 0 Å². The molecule has 146 valence electrons. The molecule has 0 aliphatic carbocycles. The molecule has 0 saturated carbocycles. The molecule has 1 heterocycles. The van der Waals surface area contributed by atoms with Gasteiger partial charge < -0.3 is 14.1 Å². The van der Waals surface area contributed by atoms with E-state index in [0.717, 1.165) is 24.4 Å². The van der Waals surface area contributed by atoms with Crippen molar-refractivity contribution in [1.82, 2.24) is 4.90 Å². The largest absolute Gasteiger partial charge is 0.497 e. The van der Waals surface area contributed by atoms with Gasteiger partial charge in [0.25, 0.3) is 0 Å². The third-order valence-electron chi connectivity index (χ3n) is 5.03. The molecule has 28 heavy (non-hydrogen) atoms. The number of methoxy groups -OCH3 is 1. The molecule has 0 radical (unpaired) electrons. The Balaban J connectivity index is 1.74. The number of amides is 1. The fourth-order valence-electron chi connectivity index (χ4n) is 3.41. The number of carbonyl (C=O) groups is 1. The smallest absolute Gasteiger partial charge is 0.219 e. The number of rotatable bonds is 9. The standard InChI is InChI=1S/C24H27NO3/c1-19(26)25(18-24-9-6-16-28-24)15-14-22(17-20-7-4-3-5-8-20)21-10-12-23(27-2)13-11-21/h3-13,16,22H,14-15,17-18H2,1-2H3/t22-/m1/s1. The molecule has 0 aliphatic rings. The number of benzene rings is 2. The van der Waals surface area contributed by atoms with Crippen molar-refractivity contribution < 1.29 is 13.9 Å². The van der Waals surface area contributed by atoms with E-state index in [1.54, 1.807) is 20.3 Å². The van der Waals surface area contributed by atoms with E-state index in [1.165, 1.54) is 11.1 Å². The molecular formula is C24H27NO3. The first kappa shape index (κ1) is 19.7. The molecular weight excluding hydrogens is 350 g/mol. The van der Waals surface area contributed by atoms with E-state index in [-0.39, 0.29) is 5.91 Å². The first-order valence-corrected chi connectivity index (χ1v) is 9.61. The average Bonchev–Trinajstić information content (AvgIpc) is 3.24. The molecule has 0 spiro atoms. The van der Waals surface area contributed by atoms with E-state index in [2.05, 4.69) is 36.4 Å². The van der Waals surface area contributed by atoms with Gasteiger partial charge in [0.1, 0.15) is 11.5 Å². The second-order valence-electron chi connectivity index (χ2n) is 6.97. The maximum absolute atomic E-state index is 12.1. The Morgan fingerprint density at radius 2 is 1.79 bits per heavy atom. The summed E-state index contributed by atoms with van der Waals surface area (Å²) in [5.41, 5.74) is 2.55. The lowest BCUT2D eigenvalue weighted by atomic mass is 9.89. The van der Waals surface area contributed by atoms with Crippen LogP contribution in [0, 0.1) is 0 Å². The van der Waals surface area contributed by atoms with Crippen molar-refractivity contribution >= 4 is 5.91 Å². The monoisotopic (exact) mass is 377 g/mol. The minimum atomic E-state index is 0.0598. The first-order chi connectivity index (χ1) is 13.7. The fraction of sp³-hybridized carbons (Fsp3) is 0.292. The Morgan fingerprint density at radius 1 is 1.04 bits per heavy atom. The molecule has 0 aliphatic heterocycles. The lowest BCUT2D eigenvalue weighted by Crippen LogP contribution is -2.30. The van der Waals surface area contributed by atoms with Crippen LogP contribution in [0.5, 0.6) is 5.75 Å². The minimum absolute atomic E-state index is 0.0598. The Bertz CT molecular complexity index is 841. The number of carbonyl (C=O) groups excluding carboxylic acids is 1. The Kier molecular flexibility index (Phi) is 6.90. The van der Waals surface area contributed by atoms with E-state index < -0.39 is 0 Å². The van der Waals surface area contributed by atoms with Crippen LogP contribution < -0.4 is 4.74 Å². The number of nitrogens with zero attached hydrogens (tertiary/aromatic N) is 1. The summed E-state index contributed by atoms with van der Waals surface area (Å²) < 4.78 is 10.7. The van der Waals surface area contributed by atoms with E-state index in [9.17, 15) is 4.79 Å². The Labute approximate surface area is 166 Å². The van der Waals surface area contributed by atoms with Crippen LogP contribution >= 0.6 is 0 Å². The van der Waals surface area contributed by atoms with Crippen molar-refractivity contribution in [2.75, 3.05) is 13.7 Å². The normalized spacial score (nSPS) is 11.8. The van der Waals surface area contributed by atoms with Crippen LogP contribution in [0.25, 0.3) is 0 Å². The van der Waals surface area contributed by atoms with Crippen molar-refractivity contribution in [3.05, 3.63) is 89.9 Å². The lowest BCUT2D eigenvalue weighted by Gasteiger charge is -2.24. The summed E-state index contributed by atoms with van der Waals surface area (Å²) in [4.78, 5) is 14.0. The SMILES string of the molecule is COc1ccc([C@H](CCN(Cc2ccco2)C(C)=O)Cc2ccccc2)cc1. The summed E-state index contributed by atoms with van der Waals surface area (Å²) in [6.45, 7) is 2.80. The van der Waals surface area contributed by atoms with E-state index in [4.69, 9.17) is 9.15 Å². The third-order valence-corrected chi connectivity index (χ3v) is 5.03. The molecule has 3 aromatic rings. The van der Waals surface area contributed by atoms with Crippen molar-refractivity contribution in [3.8, 4) is 5.75 Å². The van der Waals surface area contributed by atoms with Gasteiger partial charge in [-0.3, -0.25) is 4.79 Å². The van der Waals surface area contributed by atoms with Gasteiger partial charge in [-0.15, -0.1) is 0 Å². The van der Waals surface area contributed by atoms with Crippen molar-refractivity contribution in [2.45, 2.75) is 32.2 Å². The fourth-order valence-corrected chi connectivity index (χ4v) is 3.41. The van der Waals surface area contributed by atoms with Crippen LogP contribution in [-0.2, 0) is 17.8 Å². The zero-order chi connectivity index (χ0) is 19.8. The number of hydrogen-bond donors (Lipinski definition) is 0. The minimum Gasteiger partial charge on any atom is -0.497 e. The first-order valence-electron chi connectivity index (χ1n) is 9.61. The Hall–Kier alpha value is -3.01. The zero-order valence-electron chi connectivity index (χ0n) is 16.5. The highest BCUT2D eigenvalue weighted by Gasteiger charge is 2.17. The number of ether oxygens (including phenoxy) is 1. The van der Waals surface area contributed by atoms with Crippen LogP contribution in [0.2, 0.25) is 0 Å². The van der Waals surface area contributed by atoms with Crippen LogP contribution in [0.4, 0.5) is 0 Å². The average molecular weight is 377 g/mol. The highest BCUT2D eigenvalue weighted by atomic mass is 16.5. The Morgan fingerprint density at radius 3 is 2.39 bits per heavy atom. The zero-order valence-corrected chi connectivity index (χ0v) is 16.5. The second-order valence-corrected chi connectivity index (χ2v) is 6.97. The summed E-state index contributed by atoms with van der Waals surface area (Å²) in [6.07, 6.45) is 3.45. The van der Waals surface area contributed by atoms with Crippen molar-refractivity contribution in [1.29, 1.82) is 0 Å². The molecule has 1 atom stereocenters. The van der Waals surface area contributed by atoms with Crippen LogP contribution in [0.3, 0.4) is 0 Å². The molecule has 0 fully saturated rings.